The van der Waals surface area contributed by atoms with Crippen molar-refractivity contribution in [3.63, 3.8) is 0 Å². The average Bonchev–Trinajstić information content (AvgIpc) is 2.53. The Hall–Kier alpha value is -3.15. The molecule has 0 amide bonds. The molecule has 0 spiro atoms. The maximum atomic E-state index is 12.6. The Morgan fingerprint density at radius 3 is 2.36 bits per heavy atom. The lowest BCUT2D eigenvalue weighted by molar-refractivity contribution is 0.0697. The second kappa shape index (κ2) is 5.00. The SMILES string of the molecule is Cn1c(=O)n(-c2ccccc2)c(=O)c2ccc(C(=O)O)cc21. The van der Waals surface area contributed by atoms with E-state index < -0.39 is 17.2 Å². The van der Waals surface area contributed by atoms with Gasteiger partial charge in [-0.2, -0.15) is 0 Å². The van der Waals surface area contributed by atoms with Crippen LogP contribution in [0.25, 0.3) is 16.6 Å². The van der Waals surface area contributed by atoms with Crippen LogP contribution in [0.4, 0.5) is 0 Å². The van der Waals surface area contributed by atoms with Crippen LogP contribution in [-0.2, 0) is 7.05 Å². The maximum Gasteiger partial charge on any atom is 0.335 e. The first-order valence-electron chi connectivity index (χ1n) is 6.55. The molecule has 0 saturated heterocycles. The zero-order valence-corrected chi connectivity index (χ0v) is 11.7. The predicted octanol–water partition coefficient (Wildman–Crippen LogP) is 1.39. The lowest BCUT2D eigenvalue weighted by Gasteiger charge is -2.11. The highest BCUT2D eigenvalue weighted by molar-refractivity contribution is 5.93. The third-order valence-electron chi connectivity index (χ3n) is 3.53. The second-order valence-corrected chi connectivity index (χ2v) is 4.85. The lowest BCUT2D eigenvalue weighted by atomic mass is 10.1. The molecule has 3 aromatic rings. The number of fused-ring (bicyclic) bond motifs is 1. The average molecular weight is 296 g/mol. The summed E-state index contributed by atoms with van der Waals surface area (Å²) >= 11 is 0. The number of aryl methyl sites for hydroxylation is 1. The van der Waals surface area contributed by atoms with E-state index in [-0.39, 0.29) is 10.9 Å². The first-order chi connectivity index (χ1) is 10.5. The van der Waals surface area contributed by atoms with Crippen LogP contribution in [0.5, 0.6) is 0 Å². The van der Waals surface area contributed by atoms with Crippen molar-refractivity contribution >= 4 is 16.9 Å². The molecule has 0 aliphatic carbocycles. The van der Waals surface area contributed by atoms with Crippen LogP contribution < -0.4 is 11.2 Å². The van der Waals surface area contributed by atoms with E-state index in [1.54, 1.807) is 30.3 Å². The van der Waals surface area contributed by atoms with Gasteiger partial charge in [-0.25, -0.2) is 14.2 Å². The van der Waals surface area contributed by atoms with Gasteiger partial charge in [-0.1, -0.05) is 18.2 Å². The number of benzene rings is 2. The molecule has 110 valence electrons. The summed E-state index contributed by atoms with van der Waals surface area (Å²) in [6, 6.07) is 12.7. The number of hydrogen-bond acceptors (Lipinski definition) is 3. The lowest BCUT2D eigenvalue weighted by Crippen LogP contribution is -2.37. The standard InChI is InChI=1S/C16H12N2O4/c1-17-13-9-10(15(20)21)7-8-12(13)14(19)18(16(17)22)11-5-3-2-4-6-11/h2-9H,1H3,(H,20,21). The molecule has 0 unspecified atom stereocenters. The van der Waals surface area contributed by atoms with Gasteiger partial charge in [-0.05, 0) is 30.3 Å². The van der Waals surface area contributed by atoms with Crippen molar-refractivity contribution in [1.29, 1.82) is 0 Å². The molecule has 6 heteroatoms. The fourth-order valence-electron chi connectivity index (χ4n) is 2.39. The summed E-state index contributed by atoms with van der Waals surface area (Å²) in [5.74, 6) is -1.11. The minimum absolute atomic E-state index is 0.0272. The topological polar surface area (TPSA) is 81.3 Å². The molecule has 1 aromatic heterocycles. The van der Waals surface area contributed by atoms with E-state index >= 15 is 0 Å². The van der Waals surface area contributed by atoms with Crippen molar-refractivity contribution in [3.05, 3.63) is 74.9 Å². The van der Waals surface area contributed by atoms with E-state index in [4.69, 9.17) is 5.11 Å². The Balaban J connectivity index is 2.44. The number of para-hydroxylation sites is 1. The normalized spacial score (nSPS) is 10.8. The quantitative estimate of drug-likeness (QED) is 0.774. The summed E-state index contributed by atoms with van der Waals surface area (Å²) < 4.78 is 2.35. The third-order valence-corrected chi connectivity index (χ3v) is 3.53. The van der Waals surface area contributed by atoms with E-state index in [1.165, 1.54) is 29.8 Å². The minimum Gasteiger partial charge on any atom is -0.478 e. The molecular formula is C16H12N2O4. The van der Waals surface area contributed by atoms with E-state index in [0.717, 1.165) is 4.57 Å². The van der Waals surface area contributed by atoms with Crippen LogP contribution in [0.3, 0.4) is 0 Å². The molecule has 22 heavy (non-hydrogen) atoms. The van der Waals surface area contributed by atoms with Crippen molar-refractivity contribution in [1.82, 2.24) is 9.13 Å². The van der Waals surface area contributed by atoms with Crippen LogP contribution in [0, 0.1) is 0 Å². The number of aromatic nitrogens is 2. The monoisotopic (exact) mass is 296 g/mol. The summed E-state index contributed by atoms with van der Waals surface area (Å²) in [7, 11) is 1.51. The number of aromatic carboxylic acids is 1. The fraction of sp³-hybridized carbons (Fsp3) is 0.0625. The first kappa shape index (κ1) is 13.8. The van der Waals surface area contributed by atoms with E-state index in [9.17, 15) is 14.4 Å². The number of carbonyl (C=O) groups is 1. The van der Waals surface area contributed by atoms with Crippen LogP contribution in [0.1, 0.15) is 10.4 Å². The molecule has 0 aliphatic rings. The molecule has 3 rings (SSSR count). The molecule has 2 aromatic carbocycles. The van der Waals surface area contributed by atoms with Gasteiger partial charge in [0.25, 0.3) is 5.56 Å². The smallest absolute Gasteiger partial charge is 0.335 e. The Morgan fingerprint density at radius 1 is 1.05 bits per heavy atom. The van der Waals surface area contributed by atoms with E-state index in [1.807, 2.05) is 0 Å². The van der Waals surface area contributed by atoms with Gasteiger partial charge in [0.15, 0.2) is 0 Å². The van der Waals surface area contributed by atoms with Gasteiger partial charge < -0.3 is 5.11 Å². The summed E-state index contributed by atoms with van der Waals surface area (Å²) in [5, 5.41) is 9.32. The summed E-state index contributed by atoms with van der Waals surface area (Å²) in [6.07, 6.45) is 0. The van der Waals surface area contributed by atoms with Crippen molar-refractivity contribution in [2.24, 2.45) is 7.05 Å². The van der Waals surface area contributed by atoms with Crippen LogP contribution >= 0.6 is 0 Å². The molecule has 0 bridgehead atoms. The molecule has 0 fully saturated rings. The highest BCUT2D eigenvalue weighted by Gasteiger charge is 2.14. The number of carboxylic acids is 1. The minimum atomic E-state index is -1.11. The van der Waals surface area contributed by atoms with Crippen molar-refractivity contribution < 1.29 is 9.90 Å². The van der Waals surface area contributed by atoms with Crippen molar-refractivity contribution in [3.8, 4) is 5.69 Å². The molecule has 6 nitrogen and oxygen atoms in total. The van der Waals surface area contributed by atoms with Gasteiger partial charge in [-0.15, -0.1) is 0 Å². The van der Waals surface area contributed by atoms with Gasteiger partial charge in [-0.3, -0.25) is 9.36 Å². The fourth-order valence-corrected chi connectivity index (χ4v) is 2.39. The van der Waals surface area contributed by atoms with E-state index in [0.29, 0.717) is 11.2 Å². The van der Waals surface area contributed by atoms with Gasteiger partial charge in [0.05, 0.1) is 22.2 Å². The van der Waals surface area contributed by atoms with Crippen molar-refractivity contribution in [2.45, 2.75) is 0 Å². The third kappa shape index (κ3) is 2.01. The van der Waals surface area contributed by atoms with Gasteiger partial charge in [0.1, 0.15) is 0 Å². The molecule has 0 atom stereocenters. The first-order valence-corrected chi connectivity index (χ1v) is 6.55. The molecule has 0 radical (unpaired) electrons. The van der Waals surface area contributed by atoms with Crippen molar-refractivity contribution in [2.75, 3.05) is 0 Å². The highest BCUT2D eigenvalue weighted by Crippen LogP contribution is 2.12. The van der Waals surface area contributed by atoms with Crippen LogP contribution in [0.15, 0.2) is 58.1 Å². The van der Waals surface area contributed by atoms with E-state index in [2.05, 4.69) is 0 Å². The maximum absolute atomic E-state index is 12.6. The number of carboxylic acid groups (broad SMARTS) is 1. The Kier molecular flexibility index (Phi) is 3.14. The molecule has 1 heterocycles. The number of rotatable bonds is 2. The number of hydrogen-bond donors (Lipinski definition) is 1. The summed E-state index contributed by atoms with van der Waals surface area (Å²) in [5.41, 5.74) is -0.203. The largest absolute Gasteiger partial charge is 0.478 e. The molecule has 0 saturated carbocycles. The Bertz CT molecular complexity index is 1000. The Labute approximate surface area is 124 Å². The number of nitrogens with zero attached hydrogens (tertiary/aromatic N) is 2. The molecule has 1 N–H and O–H groups in total. The van der Waals surface area contributed by atoms with Crippen LogP contribution in [-0.4, -0.2) is 20.2 Å². The van der Waals surface area contributed by atoms with Crippen LogP contribution in [0.2, 0.25) is 0 Å². The summed E-state index contributed by atoms with van der Waals surface area (Å²) in [6.45, 7) is 0. The second-order valence-electron chi connectivity index (χ2n) is 4.85. The van der Waals surface area contributed by atoms with Gasteiger partial charge in [0, 0.05) is 7.05 Å². The van der Waals surface area contributed by atoms with Gasteiger partial charge in [0.2, 0.25) is 0 Å². The Morgan fingerprint density at radius 2 is 1.73 bits per heavy atom. The molecular weight excluding hydrogens is 284 g/mol. The molecule has 0 aliphatic heterocycles. The summed E-state index contributed by atoms with van der Waals surface area (Å²) in [4.78, 5) is 36.1. The predicted molar refractivity (Wildman–Crippen MR) is 81.7 cm³/mol. The highest BCUT2D eigenvalue weighted by atomic mass is 16.4. The van der Waals surface area contributed by atoms with Gasteiger partial charge >= 0.3 is 11.7 Å². The zero-order valence-electron chi connectivity index (χ0n) is 11.7. The zero-order chi connectivity index (χ0) is 15.9.